The number of H-pyrrole nitrogens is 1. The average molecular weight is 272 g/mol. The highest BCUT2D eigenvalue weighted by molar-refractivity contribution is 5.92. The molecule has 3 rings (SSSR count). The summed E-state index contributed by atoms with van der Waals surface area (Å²) >= 11 is 0. The molecular weight excluding hydrogens is 260 g/mol. The molecular formula is C13H12N4O3. The number of hydrogen-bond acceptors (Lipinski definition) is 3. The molecule has 0 bridgehead atoms. The van der Waals surface area contributed by atoms with Gasteiger partial charge in [0.05, 0.1) is 28.8 Å². The van der Waals surface area contributed by atoms with E-state index in [9.17, 15) is 9.59 Å². The largest absolute Gasteiger partial charge is 0.478 e. The zero-order valence-corrected chi connectivity index (χ0v) is 10.7. The maximum absolute atomic E-state index is 12.0. The van der Waals surface area contributed by atoms with E-state index in [0.717, 1.165) is 5.69 Å². The predicted octanol–water partition coefficient (Wildman–Crippen LogP) is 0.810. The Morgan fingerprint density at radius 2 is 2.20 bits per heavy atom. The SMILES string of the molecule is Cn1nccc1Cn1c(=O)[nH]c2ccc(C(=O)O)cc21. The number of carbonyl (C=O) groups is 1. The van der Waals surface area contributed by atoms with Gasteiger partial charge < -0.3 is 10.1 Å². The Bertz CT molecular complexity index is 856. The minimum absolute atomic E-state index is 0.148. The molecule has 20 heavy (non-hydrogen) atoms. The number of aromatic amines is 1. The Labute approximate surface area is 113 Å². The van der Waals surface area contributed by atoms with Crippen molar-refractivity contribution in [2.75, 3.05) is 0 Å². The minimum atomic E-state index is -1.02. The molecule has 0 spiro atoms. The Morgan fingerprint density at radius 1 is 1.40 bits per heavy atom. The van der Waals surface area contributed by atoms with Crippen LogP contribution in [0.1, 0.15) is 16.1 Å². The number of aromatic nitrogens is 4. The van der Waals surface area contributed by atoms with Crippen LogP contribution in [-0.4, -0.2) is 30.4 Å². The van der Waals surface area contributed by atoms with E-state index in [4.69, 9.17) is 5.11 Å². The third-order valence-electron chi connectivity index (χ3n) is 3.26. The molecule has 2 N–H and O–H groups in total. The van der Waals surface area contributed by atoms with Crippen LogP contribution in [0.3, 0.4) is 0 Å². The van der Waals surface area contributed by atoms with Gasteiger partial charge in [-0.05, 0) is 24.3 Å². The van der Waals surface area contributed by atoms with Crippen LogP contribution in [-0.2, 0) is 13.6 Å². The quantitative estimate of drug-likeness (QED) is 0.738. The number of imidazole rings is 1. The summed E-state index contributed by atoms with van der Waals surface area (Å²) in [5.41, 5.74) is 1.91. The summed E-state index contributed by atoms with van der Waals surface area (Å²) in [4.78, 5) is 25.7. The number of aromatic carboxylic acids is 1. The molecule has 0 amide bonds. The van der Waals surface area contributed by atoms with E-state index in [2.05, 4.69) is 10.1 Å². The Hall–Kier alpha value is -2.83. The van der Waals surface area contributed by atoms with Gasteiger partial charge in [-0.1, -0.05) is 0 Å². The summed E-state index contributed by atoms with van der Waals surface area (Å²) in [7, 11) is 1.79. The van der Waals surface area contributed by atoms with E-state index >= 15 is 0 Å². The van der Waals surface area contributed by atoms with Crippen molar-refractivity contribution in [2.24, 2.45) is 7.05 Å². The molecule has 3 aromatic rings. The number of benzene rings is 1. The predicted molar refractivity (Wildman–Crippen MR) is 71.8 cm³/mol. The first-order valence-corrected chi connectivity index (χ1v) is 5.99. The second-order valence-electron chi connectivity index (χ2n) is 4.50. The molecule has 102 valence electrons. The van der Waals surface area contributed by atoms with Gasteiger partial charge in [0.2, 0.25) is 0 Å². The molecule has 0 aliphatic carbocycles. The average Bonchev–Trinajstić information content (AvgIpc) is 2.94. The lowest BCUT2D eigenvalue weighted by atomic mass is 10.2. The first-order valence-electron chi connectivity index (χ1n) is 5.99. The second kappa shape index (κ2) is 4.37. The van der Waals surface area contributed by atoms with Gasteiger partial charge in [0.25, 0.3) is 0 Å². The summed E-state index contributed by atoms with van der Waals surface area (Å²) < 4.78 is 3.17. The summed E-state index contributed by atoms with van der Waals surface area (Å²) in [6, 6.07) is 6.37. The fourth-order valence-electron chi connectivity index (χ4n) is 2.16. The lowest BCUT2D eigenvalue weighted by Crippen LogP contribution is -2.19. The molecule has 1 aromatic carbocycles. The molecule has 2 aromatic heterocycles. The molecule has 0 aliphatic rings. The van der Waals surface area contributed by atoms with Gasteiger partial charge in [-0.15, -0.1) is 0 Å². The van der Waals surface area contributed by atoms with Crippen molar-refractivity contribution >= 4 is 17.0 Å². The van der Waals surface area contributed by atoms with Crippen LogP contribution in [0.15, 0.2) is 35.3 Å². The molecule has 0 fully saturated rings. The van der Waals surface area contributed by atoms with Crippen LogP contribution in [0, 0.1) is 0 Å². The van der Waals surface area contributed by atoms with Crippen LogP contribution in [0.4, 0.5) is 0 Å². The van der Waals surface area contributed by atoms with Crippen molar-refractivity contribution in [1.29, 1.82) is 0 Å². The van der Waals surface area contributed by atoms with E-state index < -0.39 is 5.97 Å². The standard InChI is InChI=1S/C13H12N4O3/c1-16-9(4-5-14-16)7-17-11-6-8(12(18)19)2-3-10(11)15-13(17)20/h2-6H,7H2,1H3,(H,15,20)(H,18,19). The Kier molecular flexibility index (Phi) is 2.67. The third-order valence-corrected chi connectivity index (χ3v) is 3.26. The topological polar surface area (TPSA) is 92.9 Å². The molecule has 2 heterocycles. The Balaban J connectivity index is 2.16. The lowest BCUT2D eigenvalue weighted by molar-refractivity contribution is 0.0697. The number of fused-ring (bicyclic) bond motifs is 1. The summed E-state index contributed by atoms with van der Waals surface area (Å²) in [6.07, 6.45) is 1.65. The molecule has 0 saturated heterocycles. The van der Waals surface area contributed by atoms with E-state index in [1.165, 1.54) is 16.7 Å². The smallest absolute Gasteiger partial charge is 0.335 e. The first kappa shape index (κ1) is 12.2. The van der Waals surface area contributed by atoms with Gasteiger partial charge in [0.1, 0.15) is 0 Å². The van der Waals surface area contributed by atoms with Crippen molar-refractivity contribution in [2.45, 2.75) is 6.54 Å². The zero-order valence-electron chi connectivity index (χ0n) is 10.7. The highest BCUT2D eigenvalue weighted by atomic mass is 16.4. The van der Waals surface area contributed by atoms with E-state index in [-0.39, 0.29) is 11.3 Å². The monoisotopic (exact) mass is 272 g/mol. The van der Waals surface area contributed by atoms with Crippen molar-refractivity contribution in [3.8, 4) is 0 Å². The number of rotatable bonds is 3. The summed E-state index contributed by atoms with van der Waals surface area (Å²) in [5.74, 6) is -1.02. The number of aryl methyl sites for hydroxylation is 1. The van der Waals surface area contributed by atoms with Crippen molar-refractivity contribution in [3.05, 3.63) is 52.2 Å². The molecule has 7 nitrogen and oxygen atoms in total. The fraction of sp³-hybridized carbons (Fsp3) is 0.154. The van der Waals surface area contributed by atoms with Crippen LogP contribution in [0.2, 0.25) is 0 Å². The van der Waals surface area contributed by atoms with E-state index in [1.807, 2.05) is 6.07 Å². The third kappa shape index (κ3) is 1.89. The van der Waals surface area contributed by atoms with Crippen molar-refractivity contribution < 1.29 is 9.90 Å². The molecule has 0 radical (unpaired) electrons. The van der Waals surface area contributed by atoms with E-state index in [0.29, 0.717) is 17.6 Å². The van der Waals surface area contributed by atoms with Crippen molar-refractivity contribution in [3.63, 3.8) is 0 Å². The van der Waals surface area contributed by atoms with Gasteiger partial charge in [-0.3, -0.25) is 9.25 Å². The van der Waals surface area contributed by atoms with E-state index in [1.54, 1.807) is 24.0 Å². The number of hydrogen-bond donors (Lipinski definition) is 2. The number of nitrogens with zero attached hydrogens (tertiary/aromatic N) is 3. The number of carboxylic acid groups (broad SMARTS) is 1. The molecule has 0 aliphatic heterocycles. The minimum Gasteiger partial charge on any atom is -0.478 e. The number of carboxylic acids is 1. The summed E-state index contributed by atoms with van der Waals surface area (Å²) in [6.45, 7) is 0.332. The second-order valence-corrected chi connectivity index (χ2v) is 4.50. The van der Waals surface area contributed by atoms with Crippen LogP contribution in [0.25, 0.3) is 11.0 Å². The maximum Gasteiger partial charge on any atom is 0.335 e. The molecule has 0 saturated carbocycles. The van der Waals surface area contributed by atoms with Gasteiger partial charge in [0.15, 0.2) is 0 Å². The van der Waals surface area contributed by atoms with Gasteiger partial charge in [0, 0.05) is 13.2 Å². The van der Waals surface area contributed by atoms with Crippen LogP contribution < -0.4 is 5.69 Å². The zero-order chi connectivity index (χ0) is 14.3. The van der Waals surface area contributed by atoms with Gasteiger partial charge in [-0.2, -0.15) is 5.10 Å². The van der Waals surface area contributed by atoms with Crippen LogP contribution >= 0.6 is 0 Å². The molecule has 0 atom stereocenters. The highest BCUT2D eigenvalue weighted by Crippen LogP contribution is 2.14. The van der Waals surface area contributed by atoms with Gasteiger partial charge >= 0.3 is 11.7 Å². The highest BCUT2D eigenvalue weighted by Gasteiger charge is 2.11. The lowest BCUT2D eigenvalue weighted by Gasteiger charge is -2.04. The van der Waals surface area contributed by atoms with Gasteiger partial charge in [-0.25, -0.2) is 9.59 Å². The normalized spacial score (nSPS) is 11.1. The molecule has 0 unspecified atom stereocenters. The first-order chi connectivity index (χ1) is 9.56. The Morgan fingerprint density at radius 3 is 2.85 bits per heavy atom. The molecule has 7 heteroatoms. The number of nitrogens with one attached hydrogen (secondary N) is 1. The van der Waals surface area contributed by atoms with Crippen LogP contribution in [0.5, 0.6) is 0 Å². The maximum atomic E-state index is 12.0. The van der Waals surface area contributed by atoms with Crippen molar-refractivity contribution in [1.82, 2.24) is 19.3 Å². The summed E-state index contributed by atoms with van der Waals surface area (Å²) in [5, 5.41) is 13.1. The fourth-order valence-corrected chi connectivity index (χ4v) is 2.16.